The van der Waals surface area contributed by atoms with Crippen molar-refractivity contribution in [1.29, 1.82) is 0 Å². The molecule has 2 aromatic heterocycles. The summed E-state index contributed by atoms with van der Waals surface area (Å²) < 4.78 is 7.34. The van der Waals surface area contributed by atoms with Crippen molar-refractivity contribution in [1.82, 2.24) is 14.3 Å². The first kappa shape index (κ1) is 14.4. The van der Waals surface area contributed by atoms with Gasteiger partial charge in [0.15, 0.2) is 0 Å². The van der Waals surface area contributed by atoms with Crippen LogP contribution in [0.2, 0.25) is 0 Å². The number of hydrogen-bond donors (Lipinski definition) is 0. The third kappa shape index (κ3) is 3.05. The number of methoxy groups -OCH3 is 1. The topological polar surface area (TPSA) is 29.8 Å². The molecule has 0 saturated carbocycles. The van der Waals surface area contributed by atoms with Crippen LogP contribution >= 0.6 is 0 Å². The minimum atomic E-state index is 0.618. The maximum Gasteiger partial charge on any atom is 0.137 e. The Morgan fingerprint density at radius 3 is 2.90 bits per heavy atom. The molecule has 114 valence electrons. The second kappa shape index (κ2) is 6.06. The first-order chi connectivity index (χ1) is 10.2. The molecule has 0 N–H and O–H groups in total. The van der Waals surface area contributed by atoms with Crippen molar-refractivity contribution in [3.63, 3.8) is 0 Å². The number of ether oxygens (including phenoxy) is 1. The highest BCUT2D eigenvalue weighted by Gasteiger charge is 2.25. The molecule has 0 radical (unpaired) electrons. The summed E-state index contributed by atoms with van der Waals surface area (Å²) in [5, 5.41) is 0. The molecule has 1 aliphatic heterocycles. The van der Waals surface area contributed by atoms with Crippen molar-refractivity contribution in [2.24, 2.45) is 0 Å². The molecule has 3 heterocycles. The molecule has 3 rings (SSSR count). The van der Waals surface area contributed by atoms with Crippen LogP contribution in [0.5, 0.6) is 5.75 Å². The van der Waals surface area contributed by atoms with Gasteiger partial charge in [-0.2, -0.15) is 0 Å². The second-order valence-electron chi connectivity index (χ2n) is 6.25. The molecule has 1 fully saturated rings. The average molecular weight is 287 g/mol. The van der Waals surface area contributed by atoms with E-state index in [1.54, 1.807) is 7.11 Å². The van der Waals surface area contributed by atoms with Gasteiger partial charge in [-0.1, -0.05) is 6.42 Å². The zero-order valence-corrected chi connectivity index (χ0v) is 13.2. The first-order valence-electron chi connectivity index (χ1n) is 7.95. The van der Waals surface area contributed by atoms with Gasteiger partial charge in [0.2, 0.25) is 0 Å². The molecule has 1 saturated heterocycles. The molecule has 1 atom stereocenters. The molecule has 4 heteroatoms. The summed E-state index contributed by atoms with van der Waals surface area (Å²) in [4.78, 5) is 7.39. The summed E-state index contributed by atoms with van der Waals surface area (Å²) in [5.41, 5.74) is 2.18. The zero-order valence-electron chi connectivity index (χ0n) is 13.2. The monoisotopic (exact) mass is 287 g/mol. The van der Waals surface area contributed by atoms with Gasteiger partial charge >= 0.3 is 0 Å². The van der Waals surface area contributed by atoms with Crippen molar-refractivity contribution >= 4 is 5.65 Å². The van der Waals surface area contributed by atoms with E-state index in [-0.39, 0.29) is 0 Å². The van der Waals surface area contributed by atoms with E-state index in [0.717, 1.165) is 17.8 Å². The van der Waals surface area contributed by atoms with E-state index in [9.17, 15) is 0 Å². The first-order valence-corrected chi connectivity index (χ1v) is 7.95. The van der Waals surface area contributed by atoms with E-state index in [4.69, 9.17) is 9.72 Å². The van der Waals surface area contributed by atoms with Gasteiger partial charge in [-0.3, -0.25) is 4.90 Å². The molecular formula is C17H25N3O. The molecule has 0 aromatic carbocycles. The van der Waals surface area contributed by atoms with Crippen LogP contribution in [0.1, 0.15) is 38.8 Å². The molecule has 1 unspecified atom stereocenters. The minimum absolute atomic E-state index is 0.618. The summed E-state index contributed by atoms with van der Waals surface area (Å²) in [7, 11) is 1.70. The number of likely N-dealkylation sites (tertiary alicyclic amines) is 1. The number of rotatable bonds is 4. The van der Waals surface area contributed by atoms with Crippen molar-refractivity contribution in [2.75, 3.05) is 13.7 Å². The Bertz CT molecular complexity index is 605. The minimum Gasteiger partial charge on any atom is -0.495 e. The summed E-state index contributed by atoms with van der Waals surface area (Å²) in [6.45, 7) is 5.82. The molecule has 0 bridgehead atoms. The fraction of sp³-hybridized carbons (Fsp3) is 0.588. The standard InChI is InChI=1S/C17H25N3O/c1-13(2)20-9-5-4-6-15(20)10-14-11-19-12-16(21-3)7-8-17(19)18-14/h7-8,11-13,15H,4-6,9-10H2,1-3H3. The van der Waals surface area contributed by atoms with Crippen LogP contribution < -0.4 is 4.74 Å². The van der Waals surface area contributed by atoms with E-state index in [1.807, 2.05) is 18.3 Å². The number of piperidine rings is 1. The van der Waals surface area contributed by atoms with Crippen LogP contribution in [-0.4, -0.2) is 40.0 Å². The van der Waals surface area contributed by atoms with E-state index in [2.05, 4.69) is 29.3 Å². The lowest BCUT2D eigenvalue weighted by molar-refractivity contribution is 0.111. The normalized spacial score (nSPS) is 20.3. The van der Waals surface area contributed by atoms with Gasteiger partial charge in [-0.25, -0.2) is 4.98 Å². The summed E-state index contributed by atoms with van der Waals surface area (Å²) >= 11 is 0. The predicted octanol–water partition coefficient (Wildman–Crippen LogP) is 3.15. The molecule has 0 aliphatic carbocycles. The Balaban J connectivity index is 1.80. The zero-order chi connectivity index (χ0) is 14.8. The average Bonchev–Trinajstić information content (AvgIpc) is 2.88. The highest BCUT2D eigenvalue weighted by Crippen LogP contribution is 2.23. The number of pyridine rings is 1. The van der Waals surface area contributed by atoms with Crippen LogP contribution in [0.25, 0.3) is 5.65 Å². The SMILES string of the molecule is COc1ccc2nc(CC3CCCCN3C(C)C)cn2c1. The number of imidazole rings is 1. The molecule has 0 amide bonds. The maximum absolute atomic E-state index is 5.27. The van der Waals surface area contributed by atoms with Crippen LogP contribution in [0.4, 0.5) is 0 Å². The van der Waals surface area contributed by atoms with Crippen molar-refractivity contribution in [3.05, 3.63) is 30.2 Å². The van der Waals surface area contributed by atoms with Gasteiger partial charge in [0.1, 0.15) is 11.4 Å². The van der Waals surface area contributed by atoms with Crippen molar-refractivity contribution in [3.8, 4) is 5.75 Å². The number of nitrogens with zero attached hydrogens (tertiary/aromatic N) is 3. The van der Waals surface area contributed by atoms with Crippen LogP contribution in [0.3, 0.4) is 0 Å². The second-order valence-corrected chi connectivity index (χ2v) is 6.25. The van der Waals surface area contributed by atoms with Crippen molar-refractivity contribution in [2.45, 2.75) is 51.6 Å². The number of aromatic nitrogens is 2. The Labute approximate surface area is 126 Å². The maximum atomic E-state index is 5.27. The van der Waals surface area contributed by atoms with Gasteiger partial charge in [0.25, 0.3) is 0 Å². The lowest BCUT2D eigenvalue weighted by atomic mass is 9.97. The Kier molecular flexibility index (Phi) is 4.15. The van der Waals surface area contributed by atoms with Gasteiger partial charge in [0.05, 0.1) is 19.0 Å². The molecule has 2 aromatic rings. The molecule has 21 heavy (non-hydrogen) atoms. The largest absolute Gasteiger partial charge is 0.495 e. The highest BCUT2D eigenvalue weighted by molar-refractivity contribution is 5.43. The van der Waals surface area contributed by atoms with E-state index in [0.29, 0.717) is 12.1 Å². The summed E-state index contributed by atoms with van der Waals surface area (Å²) in [5.74, 6) is 0.868. The lowest BCUT2D eigenvalue weighted by Crippen LogP contribution is -2.45. The smallest absolute Gasteiger partial charge is 0.137 e. The van der Waals surface area contributed by atoms with E-state index in [1.165, 1.54) is 31.5 Å². The van der Waals surface area contributed by atoms with Gasteiger partial charge in [-0.15, -0.1) is 0 Å². The van der Waals surface area contributed by atoms with Crippen LogP contribution in [0, 0.1) is 0 Å². The third-order valence-corrected chi connectivity index (χ3v) is 4.49. The Morgan fingerprint density at radius 1 is 1.29 bits per heavy atom. The summed E-state index contributed by atoms with van der Waals surface area (Å²) in [6, 6.07) is 5.23. The predicted molar refractivity (Wildman–Crippen MR) is 84.9 cm³/mol. The van der Waals surface area contributed by atoms with Crippen LogP contribution in [0.15, 0.2) is 24.5 Å². The Hall–Kier alpha value is -1.55. The van der Waals surface area contributed by atoms with E-state index < -0.39 is 0 Å². The van der Waals surface area contributed by atoms with Crippen molar-refractivity contribution < 1.29 is 4.74 Å². The third-order valence-electron chi connectivity index (χ3n) is 4.49. The summed E-state index contributed by atoms with van der Waals surface area (Å²) in [6.07, 6.45) is 9.14. The highest BCUT2D eigenvalue weighted by atomic mass is 16.5. The molecule has 1 aliphatic rings. The molecule has 0 spiro atoms. The van der Waals surface area contributed by atoms with E-state index >= 15 is 0 Å². The molecule has 4 nitrogen and oxygen atoms in total. The quantitative estimate of drug-likeness (QED) is 0.865. The van der Waals surface area contributed by atoms with Gasteiger partial charge in [-0.05, 0) is 45.4 Å². The number of hydrogen-bond acceptors (Lipinski definition) is 3. The van der Waals surface area contributed by atoms with Crippen LogP contribution in [-0.2, 0) is 6.42 Å². The van der Waals surface area contributed by atoms with Gasteiger partial charge in [0, 0.05) is 24.7 Å². The fourth-order valence-corrected chi connectivity index (χ4v) is 3.41. The molecular weight excluding hydrogens is 262 g/mol. The Morgan fingerprint density at radius 2 is 2.14 bits per heavy atom. The number of fused-ring (bicyclic) bond motifs is 1. The fourth-order valence-electron chi connectivity index (χ4n) is 3.41. The lowest BCUT2D eigenvalue weighted by Gasteiger charge is -2.38. The van der Waals surface area contributed by atoms with Gasteiger partial charge < -0.3 is 9.14 Å².